The molecule has 0 spiro atoms. The average molecular weight is 266 g/mol. The number of rotatable bonds is 5. The highest BCUT2D eigenvalue weighted by atomic mass is 16.6. The summed E-state index contributed by atoms with van der Waals surface area (Å²) in [5.74, 6) is 1.86. The van der Waals surface area contributed by atoms with Crippen molar-refractivity contribution in [1.29, 1.82) is 0 Å². The maximum absolute atomic E-state index is 9.72. The Hall–Kier alpha value is -1.42. The Morgan fingerprint density at radius 1 is 1.05 bits per heavy atom. The molecule has 1 aromatic carbocycles. The van der Waals surface area contributed by atoms with E-state index >= 15 is 0 Å². The Morgan fingerprint density at radius 3 is 2.11 bits per heavy atom. The van der Waals surface area contributed by atoms with E-state index in [1.807, 2.05) is 18.2 Å². The molecule has 2 rings (SSSR count). The highest BCUT2D eigenvalue weighted by Crippen LogP contribution is 2.42. The highest BCUT2D eigenvalue weighted by molar-refractivity contribution is 5.51. The zero-order chi connectivity index (χ0) is 13.7. The van der Waals surface area contributed by atoms with Gasteiger partial charge in [0.25, 0.3) is 0 Å². The van der Waals surface area contributed by atoms with Crippen molar-refractivity contribution in [2.75, 3.05) is 20.8 Å². The predicted octanol–water partition coefficient (Wildman–Crippen LogP) is 2.78. The molecular formula is C15H22O4. The predicted molar refractivity (Wildman–Crippen MR) is 73.1 cm³/mol. The maximum atomic E-state index is 9.72. The van der Waals surface area contributed by atoms with Crippen LogP contribution >= 0.6 is 0 Å². The molecule has 1 aromatic rings. The van der Waals surface area contributed by atoms with Crippen molar-refractivity contribution in [3.05, 3.63) is 18.2 Å². The molecule has 0 atom stereocenters. The lowest BCUT2D eigenvalue weighted by Gasteiger charge is -2.36. The number of ether oxygens (including phenoxy) is 3. The quantitative estimate of drug-likeness (QED) is 0.890. The summed E-state index contributed by atoms with van der Waals surface area (Å²) < 4.78 is 16.8. The van der Waals surface area contributed by atoms with Crippen LogP contribution in [0.5, 0.6) is 17.2 Å². The van der Waals surface area contributed by atoms with Crippen LogP contribution in [0.3, 0.4) is 0 Å². The van der Waals surface area contributed by atoms with Crippen molar-refractivity contribution in [2.45, 2.75) is 37.7 Å². The molecule has 19 heavy (non-hydrogen) atoms. The highest BCUT2D eigenvalue weighted by Gasteiger charge is 2.35. The molecule has 106 valence electrons. The van der Waals surface area contributed by atoms with Gasteiger partial charge in [-0.25, -0.2) is 0 Å². The fraction of sp³-hybridized carbons (Fsp3) is 0.600. The van der Waals surface area contributed by atoms with E-state index in [2.05, 4.69) is 0 Å². The van der Waals surface area contributed by atoms with Crippen molar-refractivity contribution in [2.24, 2.45) is 0 Å². The van der Waals surface area contributed by atoms with E-state index in [0.717, 1.165) is 25.7 Å². The molecule has 0 aliphatic heterocycles. The smallest absolute Gasteiger partial charge is 0.204 e. The summed E-state index contributed by atoms with van der Waals surface area (Å²) in [5, 5.41) is 9.72. The topological polar surface area (TPSA) is 47.9 Å². The molecule has 1 N–H and O–H groups in total. The van der Waals surface area contributed by atoms with E-state index in [4.69, 9.17) is 14.2 Å². The van der Waals surface area contributed by atoms with Gasteiger partial charge in [-0.3, -0.25) is 0 Å². The van der Waals surface area contributed by atoms with Crippen LogP contribution in [0.25, 0.3) is 0 Å². The van der Waals surface area contributed by atoms with Gasteiger partial charge in [-0.15, -0.1) is 0 Å². The summed E-state index contributed by atoms with van der Waals surface area (Å²) in [6, 6.07) is 5.54. The van der Waals surface area contributed by atoms with Crippen LogP contribution in [0, 0.1) is 0 Å². The number of para-hydroxylation sites is 1. The van der Waals surface area contributed by atoms with E-state index in [9.17, 15) is 5.11 Å². The van der Waals surface area contributed by atoms with Crippen molar-refractivity contribution < 1.29 is 19.3 Å². The number of benzene rings is 1. The zero-order valence-corrected chi connectivity index (χ0v) is 11.6. The minimum absolute atomic E-state index is 0.0220. The normalized spacial score (nSPS) is 17.8. The Morgan fingerprint density at radius 2 is 1.63 bits per heavy atom. The fourth-order valence-electron chi connectivity index (χ4n) is 2.62. The Balaban J connectivity index is 2.30. The Kier molecular flexibility index (Phi) is 4.53. The molecule has 0 heterocycles. The lowest BCUT2D eigenvalue weighted by molar-refractivity contribution is -0.0228. The molecule has 0 aromatic heterocycles. The number of aliphatic hydroxyl groups is 1. The molecule has 1 aliphatic carbocycles. The van der Waals surface area contributed by atoms with Crippen molar-refractivity contribution in [3.63, 3.8) is 0 Å². The lowest BCUT2D eigenvalue weighted by atomic mass is 9.85. The first kappa shape index (κ1) is 14.0. The zero-order valence-electron chi connectivity index (χ0n) is 11.6. The molecule has 0 bridgehead atoms. The third-order valence-corrected chi connectivity index (χ3v) is 3.75. The molecule has 0 unspecified atom stereocenters. The largest absolute Gasteiger partial charge is 0.493 e. The standard InChI is InChI=1S/C15H22O4/c1-17-12-7-6-8-13(18-2)14(12)19-15(11-16)9-4-3-5-10-15/h6-8,16H,3-5,9-11H2,1-2H3. The second kappa shape index (κ2) is 6.15. The molecule has 1 saturated carbocycles. The van der Waals surface area contributed by atoms with Gasteiger partial charge in [-0.2, -0.15) is 0 Å². The van der Waals surface area contributed by atoms with Crippen LogP contribution in [-0.2, 0) is 0 Å². The summed E-state index contributed by atoms with van der Waals surface area (Å²) in [6.07, 6.45) is 5.10. The first-order chi connectivity index (χ1) is 9.24. The van der Waals surface area contributed by atoms with Crippen LogP contribution in [0.1, 0.15) is 32.1 Å². The van der Waals surface area contributed by atoms with Gasteiger partial charge < -0.3 is 19.3 Å². The van der Waals surface area contributed by atoms with Gasteiger partial charge in [0.2, 0.25) is 5.75 Å². The first-order valence-corrected chi connectivity index (χ1v) is 6.75. The summed E-state index contributed by atoms with van der Waals surface area (Å²) in [4.78, 5) is 0. The second-order valence-corrected chi connectivity index (χ2v) is 5.00. The Labute approximate surface area is 114 Å². The molecule has 4 heteroatoms. The van der Waals surface area contributed by atoms with Gasteiger partial charge in [-0.05, 0) is 37.8 Å². The molecule has 0 saturated heterocycles. The van der Waals surface area contributed by atoms with E-state index in [1.165, 1.54) is 6.42 Å². The van der Waals surface area contributed by atoms with Gasteiger partial charge in [0, 0.05) is 0 Å². The van der Waals surface area contributed by atoms with E-state index in [-0.39, 0.29) is 6.61 Å². The second-order valence-electron chi connectivity index (χ2n) is 5.00. The van der Waals surface area contributed by atoms with Gasteiger partial charge in [-0.1, -0.05) is 12.5 Å². The third-order valence-electron chi connectivity index (χ3n) is 3.75. The van der Waals surface area contributed by atoms with Crippen LogP contribution in [0.15, 0.2) is 18.2 Å². The summed E-state index contributed by atoms with van der Waals surface area (Å²) in [7, 11) is 3.21. The number of hydrogen-bond donors (Lipinski definition) is 1. The first-order valence-electron chi connectivity index (χ1n) is 6.75. The maximum Gasteiger partial charge on any atom is 0.204 e. The van der Waals surface area contributed by atoms with Crippen LogP contribution < -0.4 is 14.2 Å². The number of hydrogen-bond acceptors (Lipinski definition) is 4. The average Bonchev–Trinajstić information content (AvgIpc) is 2.48. The van der Waals surface area contributed by atoms with Gasteiger partial charge in [0.15, 0.2) is 11.5 Å². The monoisotopic (exact) mass is 266 g/mol. The minimum atomic E-state index is -0.500. The Bertz CT molecular complexity index is 388. The molecule has 4 nitrogen and oxygen atoms in total. The SMILES string of the molecule is COc1cccc(OC)c1OC1(CO)CCCCC1. The van der Waals surface area contributed by atoms with E-state index in [0.29, 0.717) is 17.2 Å². The fourth-order valence-corrected chi connectivity index (χ4v) is 2.62. The molecular weight excluding hydrogens is 244 g/mol. The molecule has 0 amide bonds. The lowest BCUT2D eigenvalue weighted by Crippen LogP contribution is -2.42. The van der Waals surface area contributed by atoms with E-state index in [1.54, 1.807) is 14.2 Å². The van der Waals surface area contributed by atoms with Crippen LogP contribution in [0.4, 0.5) is 0 Å². The van der Waals surface area contributed by atoms with Crippen LogP contribution in [0.2, 0.25) is 0 Å². The summed E-state index contributed by atoms with van der Waals surface area (Å²) >= 11 is 0. The van der Waals surface area contributed by atoms with Crippen LogP contribution in [-0.4, -0.2) is 31.5 Å². The third kappa shape index (κ3) is 2.95. The number of aliphatic hydroxyl groups excluding tert-OH is 1. The summed E-state index contributed by atoms with van der Waals surface area (Å²) in [6.45, 7) is 0.0220. The van der Waals surface area contributed by atoms with Crippen molar-refractivity contribution in [1.82, 2.24) is 0 Å². The minimum Gasteiger partial charge on any atom is -0.493 e. The molecule has 1 fully saturated rings. The molecule has 0 radical (unpaired) electrons. The summed E-state index contributed by atoms with van der Waals surface area (Å²) in [5.41, 5.74) is -0.500. The van der Waals surface area contributed by atoms with Gasteiger partial charge in [0.05, 0.1) is 20.8 Å². The van der Waals surface area contributed by atoms with E-state index < -0.39 is 5.60 Å². The van der Waals surface area contributed by atoms with Crippen molar-refractivity contribution in [3.8, 4) is 17.2 Å². The number of methoxy groups -OCH3 is 2. The van der Waals surface area contributed by atoms with Gasteiger partial charge in [0.1, 0.15) is 5.60 Å². The molecule has 1 aliphatic rings. The van der Waals surface area contributed by atoms with Crippen molar-refractivity contribution >= 4 is 0 Å². The van der Waals surface area contributed by atoms with Gasteiger partial charge >= 0.3 is 0 Å².